The van der Waals surface area contributed by atoms with E-state index in [1.165, 1.54) is 16.7 Å². The Balaban J connectivity index is 2.16. The maximum Gasteiger partial charge on any atom is 0.160 e. The normalized spacial score (nSPS) is 18.0. The van der Waals surface area contributed by atoms with Gasteiger partial charge in [0.2, 0.25) is 0 Å². The number of carbonyl (C=O) groups excluding carboxylic acids is 1. The van der Waals surface area contributed by atoms with Crippen LogP contribution in [0.1, 0.15) is 17.5 Å². The molecule has 0 heterocycles. The van der Waals surface area contributed by atoms with Gasteiger partial charge in [-0.1, -0.05) is 24.3 Å². The summed E-state index contributed by atoms with van der Waals surface area (Å²) in [7, 11) is 0. The first-order valence-electron chi connectivity index (χ1n) is 4.32. The summed E-state index contributed by atoms with van der Waals surface area (Å²) in [5.74, 6) is 0.160. The maximum absolute atomic E-state index is 11.1. The summed E-state index contributed by atoms with van der Waals surface area (Å²) in [6, 6.07) is 8.16. The van der Waals surface area contributed by atoms with Gasteiger partial charge in [-0.05, 0) is 34.4 Å². The third-order valence-electron chi connectivity index (χ3n) is 2.55. The fourth-order valence-corrected chi connectivity index (χ4v) is 1.93. The number of hydrogen-bond acceptors (Lipinski definition) is 1. The number of ketones is 1. The molecule has 1 aromatic rings. The number of carbonyl (C=O) groups is 1. The molecule has 0 aliphatic heterocycles. The van der Waals surface area contributed by atoms with Gasteiger partial charge in [-0.15, -0.1) is 0 Å². The topological polar surface area (TPSA) is 17.1 Å². The minimum atomic E-state index is 0.160. The third-order valence-corrected chi connectivity index (χ3v) is 2.55. The highest BCUT2D eigenvalue weighted by Gasteiger charge is 2.27. The van der Waals surface area contributed by atoms with E-state index in [9.17, 15) is 4.79 Å². The Labute approximate surface area is 76.4 Å². The molecular formula is C12H7O. The van der Waals surface area contributed by atoms with Crippen LogP contribution < -0.4 is 0 Å². The summed E-state index contributed by atoms with van der Waals surface area (Å²) >= 11 is 0. The molecule has 0 unspecified atom stereocenters. The molecule has 0 N–H and O–H groups in total. The summed E-state index contributed by atoms with van der Waals surface area (Å²) in [6.07, 6.45) is 5.13. The molecule has 1 aromatic carbocycles. The lowest BCUT2D eigenvalue weighted by Gasteiger charge is -2.27. The van der Waals surface area contributed by atoms with Crippen LogP contribution in [0.25, 0.3) is 11.1 Å². The fourth-order valence-electron chi connectivity index (χ4n) is 1.93. The van der Waals surface area contributed by atoms with Crippen LogP contribution in [0, 0.1) is 6.08 Å². The Bertz CT molecular complexity index is 464. The second-order valence-corrected chi connectivity index (χ2v) is 3.33. The monoisotopic (exact) mass is 167 g/mol. The molecule has 3 rings (SSSR count). The third kappa shape index (κ3) is 0.788. The second-order valence-electron chi connectivity index (χ2n) is 3.33. The van der Waals surface area contributed by atoms with Gasteiger partial charge in [0.05, 0.1) is 0 Å². The molecule has 0 fully saturated rings. The molecule has 13 heavy (non-hydrogen) atoms. The smallest absolute Gasteiger partial charge is 0.160 e. The van der Waals surface area contributed by atoms with Gasteiger partial charge in [0, 0.05) is 6.42 Å². The fraction of sp³-hybridized carbons (Fsp3) is 0.0833. The summed E-state index contributed by atoms with van der Waals surface area (Å²) < 4.78 is 0. The number of allylic oxidation sites excluding steroid dienone is 4. The Morgan fingerprint density at radius 2 is 1.92 bits per heavy atom. The Hall–Kier alpha value is -1.63. The van der Waals surface area contributed by atoms with Crippen molar-refractivity contribution in [2.45, 2.75) is 6.42 Å². The molecular weight excluding hydrogens is 160 g/mol. The highest BCUT2D eigenvalue weighted by atomic mass is 16.1. The van der Waals surface area contributed by atoms with Crippen LogP contribution in [0.15, 0.2) is 30.3 Å². The molecule has 2 aliphatic carbocycles. The zero-order valence-corrected chi connectivity index (χ0v) is 7.00. The van der Waals surface area contributed by atoms with Crippen LogP contribution >= 0.6 is 0 Å². The Kier molecular flexibility index (Phi) is 1.15. The highest BCUT2D eigenvalue weighted by Crippen LogP contribution is 2.44. The van der Waals surface area contributed by atoms with Crippen molar-refractivity contribution in [2.24, 2.45) is 0 Å². The first-order valence-corrected chi connectivity index (χ1v) is 4.32. The molecule has 0 bridgehead atoms. The number of fused-ring (bicyclic) bond motifs is 3. The zero-order chi connectivity index (χ0) is 8.84. The molecule has 0 amide bonds. The van der Waals surface area contributed by atoms with Gasteiger partial charge in [-0.3, -0.25) is 4.79 Å². The molecule has 0 saturated heterocycles. The van der Waals surface area contributed by atoms with E-state index in [4.69, 9.17) is 0 Å². The van der Waals surface area contributed by atoms with Crippen LogP contribution in [0.2, 0.25) is 0 Å². The van der Waals surface area contributed by atoms with Crippen molar-refractivity contribution in [2.75, 3.05) is 0 Å². The van der Waals surface area contributed by atoms with Crippen molar-refractivity contribution in [3.8, 4) is 0 Å². The Morgan fingerprint density at radius 3 is 2.77 bits per heavy atom. The quantitative estimate of drug-likeness (QED) is 0.579. The van der Waals surface area contributed by atoms with Gasteiger partial charge in [-0.25, -0.2) is 0 Å². The Morgan fingerprint density at radius 1 is 1.15 bits per heavy atom. The van der Waals surface area contributed by atoms with E-state index in [2.05, 4.69) is 18.2 Å². The lowest BCUT2D eigenvalue weighted by Crippen LogP contribution is -2.12. The van der Waals surface area contributed by atoms with Crippen molar-refractivity contribution < 1.29 is 4.79 Å². The number of hydrogen-bond donors (Lipinski definition) is 0. The predicted molar refractivity (Wildman–Crippen MR) is 50.7 cm³/mol. The molecule has 1 nitrogen and oxygen atoms in total. The van der Waals surface area contributed by atoms with Crippen LogP contribution in [-0.4, -0.2) is 5.78 Å². The van der Waals surface area contributed by atoms with Crippen LogP contribution in [0.3, 0.4) is 0 Å². The highest BCUT2D eigenvalue weighted by molar-refractivity contribution is 6.16. The summed E-state index contributed by atoms with van der Waals surface area (Å²) in [5.41, 5.74) is 4.77. The van der Waals surface area contributed by atoms with Crippen molar-refractivity contribution in [1.82, 2.24) is 0 Å². The zero-order valence-electron chi connectivity index (χ0n) is 7.00. The number of benzene rings is 1. The first-order chi connectivity index (χ1) is 6.36. The maximum atomic E-state index is 11.1. The van der Waals surface area contributed by atoms with Gasteiger partial charge in [0.25, 0.3) is 0 Å². The van der Waals surface area contributed by atoms with E-state index in [1.54, 1.807) is 6.08 Å². The van der Waals surface area contributed by atoms with Crippen molar-refractivity contribution in [3.05, 3.63) is 47.5 Å². The lowest BCUT2D eigenvalue weighted by molar-refractivity contribution is -0.113. The van der Waals surface area contributed by atoms with Crippen LogP contribution in [-0.2, 0) is 4.79 Å². The van der Waals surface area contributed by atoms with Crippen LogP contribution in [0.4, 0.5) is 0 Å². The van der Waals surface area contributed by atoms with E-state index in [1.807, 2.05) is 12.1 Å². The van der Waals surface area contributed by atoms with Gasteiger partial charge in [-0.2, -0.15) is 0 Å². The summed E-state index contributed by atoms with van der Waals surface area (Å²) in [6.45, 7) is 0. The van der Waals surface area contributed by atoms with Crippen molar-refractivity contribution >= 4 is 16.9 Å². The molecule has 1 radical (unpaired) electrons. The number of rotatable bonds is 0. The average Bonchev–Trinajstić information content (AvgIpc) is 2.15. The molecule has 0 atom stereocenters. The molecule has 0 spiro atoms. The van der Waals surface area contributed by atoms with E-state index in [0.717, 1.165) is 5.57 Å². The molecule has 0 saturated carbocycles. The minimum Gasteiger partial charge on any atom is -0.294 e. The minimum absolute atomic E-state index is 0.160. The first kappa shape index (κ1) is 6.84. The van der Waals surface area contributed by atoms with Crippen molar-refractivity contribution in [1.29, 1.82) is 0 Å². The second kappa shape index (κ2) is 2.19. The van der Waals surface area contributed by atoms with E-state index in [0.29, 0.717) is 6.42 Å². The van der Waals surface area contributed by atoms with E-state index < -0.39 is 0 Å². The molecule has 0 aromatic heterocycles. The SMILES string of the molecule is O=C1C=[C]C2=C(C1)c1ccccc12. The molecule has 61 valence electrons. The standard InChI is InChI=1S/C12H7O/c13-8-5-6-11-9-3-1-2-4-10(9)12(11)7-8/h1-5H,7H2. The average molecular weight is 167 g/mol. The van der Waals surface area contributed by atoms with Crippen LogP contribution in [0.5, 0.6) is 0 Å². The largest absolute Gasteiger partial charge is 0.294 e. The van der Waals surface area contributed by atoms with Gasteiger partial charge in [0.1, 0.15) is 0 Å². The van der Waals surface area contributed by atoms with Crippen molar-refractivity contribution in [3.63, 3.8) is 0 Å². The van der Waals surface area contributed by atoms with Gasteiger partial charge < -0.3 is 0 Å². The van der Waals surface area contributed by atoms with Gasteiger partial charge in [0.15, 0.2) is 5.78 Å². The molecule has 1 heteroatoms. The lowest BCUT2D eigenvalue weighted by atomic mass is 9.76. The van der Waals surface area contributed by atoms with E-state index >= 15 is 0 Å². The van der Waals surface area contributed by atoms with Gasteiger partial charge >= 0.3 is 0 Å². The molecule has 2 aliphatic rings. The predicted octanol–water partition coefficient (Wildman–Crippen LogP) is 2.24. The summed E-state index contributed by atoms with van der Waals surface area (Å²) in [5, 5.41) is 0. The van der Waals surface area contributed by atoms with E-state index in [-0.39, 0.29) is 5.78 Å². The summed E-state index contributed by atoms with van der Waals surface area (Å²) in [4.78, 5) is 11.1.